The summed E-state index contributed by atoms with van der Waals surface area (Å²) < 4.78 is 10.7. The van der Waals surface area contributed by atoms with E-state index in [0.29, 0.717) is 17.9 Å². The summed E-state index contributed by atoms with van der Waals surface area (Å²) in [6, 6.07) is 16.5. The van der Waals surface area contributed by atoms with Gasteiger partial charge < -0.3 is 14.8 Å². The predicted molar refractivity (Wildman–Crippen MR) is 81.8 cm³/mol. The number of para-hydroxylation sites is 1. The number of benzene rings is 2. The molecule has 2 rings (SSSR count). The number of hydrogen-bond donors (Lipinski definition) is 1. The quantitative estimate of drug-likeness (QED) is 0.886. The van der Waals surface area contributed by atoms with E-state index in [0.717, 1.165) is 5.75 Å². The van der Waals surface area contributed by atoms with E-state index in [9.17, 15) is 4.79 Å². The molecule has 1 amide bonds. The molecule has 0 fully saturated rings. The first kappa shape index (κ1) is 15.1. The minimum Gasteiger partial charge on any atom is -0.457 e. The first-order valence-corrected chi connectivity index (χ1v) is 6.82. The molecule has 1 atom stereocenters. The molecule has 0 unspecified atom stereocenters. The van der Waals surface area contributed by atoms with Crippen molar-refractivity contribution in [2.75, 3.05) is 13.7 Å². The van der Waals surface area contributed by atoms with Crippen LogP contribution in [0, 0.1) is 0 Å². The second-order valence-corrected chi connectivity index (χ2v) is 4.77. The average molecular weight is 285 g/mol. The van der Waals surface area contributed by atoms with Gasteiger partial charge in [0.1, 0.15) is 11.5 Å². The van der Waals surface area contributed by atoms with Crippen LogP contribution in [0.2, 0.25) is 0 Å². The molecule has 1 N–H and O–H groups in total. The molecule has 2 aromatic rings. The summed E-state index contributed by atoms with van der Waals surface area (Å²) in [5.41, 5.74) is 0.596. The van der Waals surface area contributed by atoms with Gasteiger partial charge in [0.25, 0.3) is 5.91 Å². The molecule has 110 valence electrons. The van der Waals surface area contributed by atoms with E-state index in [-0.39, 0.29) is 11.9 Å². The molecule has 0 aliphatic heterocycles. The highest BCUT2D eigenvalue weighted by Crippen LogP contribution is 2.21. The molecule has 4 nitrogen and oxygen atoms in total. The first-order chi connectivity index (χ1) is 10.2. The number of rotatable bonds is 6. The molecule has 0 aliphatic carbocycles. The van der Waals surface area contributed by atoms with Crippen LogP contribution in [-0.2, 0) is 4.74 Å². The van der Waals surface area contributed by atoms with Crippen LogP contribution in [0.25, 0.3) is 0 Å². The third-order valence-corrected chi connectivity index (χ3v) is 2.89. The SMILES string of the molecule is COC[C@@H](C)NC(=O)c1ccc(Oc2ccccc2)cc1. The lowest BCUT2D eigenvalue weighted by molar-refractivity contribution is 0.0905. The highest BCUT2D eigenvalue weighted by Gasteiger charge is 2.09. The number of amides is 1. The number of hydrogen-bond acceptors (Lipinski definition) is 3. The topological polar surface area (TPSA) is 47.6 Å². The molecular weight excluding hydrogens is 266 g/mol. The largest absolute Gasteiger partial charge is 0.457 e. The van der Waals surface area contributed by atoms with Gasteiger partial charge in [0.2, 0.25) is 0 Å². The van der Waals surface area contributed by atoms with Gasteiger partial charge in [-0.2, -0.15) is 0 Å². The molecule has 2 aromatic carbocycles. The van der Waals surface area contributed by atoms with E-state index in [4.69, 9.17) is 9.47 Å². The number of ether oxygens (including phenoxy) is 2. The lowest BCUT2D eigenvalue weighted by Gasteiger charge is -2.13. The van der Waals surface area contributed by atoms with Gasteiger partial charge in [0.05, 0.1) is 6.61 Å². The standard InChI is InChI=1S/C17H19NO3/c1-13(12-20-2)18-17(19)14-8-10-16(11-9-14)21-15-6-4-3-5-7-15/h3-11,13H,12H2,1-2H3,(H,18,19)/t13-/m1/s1. The third-order valence-electron chi connectivity index (χ3n) is 2.89. The van der Waals surface area contributed by atoms with Gasteiger partial charge in [-0.25, -0.2) is 0 Å². The highest BCUT2D eigenvalue weighted by atomic mass is 16.5. The minimum absolute atomic E-state index is 0.0252. The van der Waals surface area contributed by atoms with E-state index >= 15 is 0 Å². The second-order valence-electron chi connectivity index (χ2n) is 4.77. The summed E-state index contributed by atoms with van der Waals surface area (Å²) in [5.74, 6) is 1.34. The van der Waals surface area contributed by atoms with Crippen LogP contribution in [0.5, 0.6) is 11.5 Å². The van der Waals surface area contributed by atoms with Crippen molar-refractivity contribution in [2.45, 2.75) is 13.0 Å². The van der Waals surface area contributed by atoms with Crippen molar-refractivity contribution in [3.05, 3.63) is 60.2 Å². The number of carbonyl (C=O) groups is 1. The predicted octanol–water partition coefficient (Wildman–Crippen LogP) is 3.24. The van der Waals surface area contributed by atoms with Gasteiger partial charge in [-0.05, 0) is 43.3 Å². The fraction of sp³-hybridized carbons (Fsp3) is 0.235. The summed E-state index contributed by atoms with van der Waals surface area (Å²) >= 11 is 0. The minimum atomic E-state index is -0.120. The molecule has 0 saturated carbocycles. The fourth-order valence-corrected chi connectivity index (χ4v) is 1.90. The molecule has 4 heteroatoms. The molecule has 0 spiro atoms. The maximum absolute atomic E-state index is 12.0. The molecule has 0 heterocycles. The van der Waals surface area contributed by atoms with Crippen LogP contribution in [0.3, 0.4) is 0 Å². The first-order valence-electron chi connectivity index (χ1n) is 6.82. The normalized spacial score (nSPS) is 11.7. The van der Waals surface area contributed by atoms with Gasteiger partial charge >= 0.3 is 0 Å². The van der Waals surface area contributed by atoms with Crippen LogP contribution in [0.1, 0.15) is 17.3 Å². The van der Waals surface area contributed by atoms with Gasteiger partial charge in [-0.1, -0.05) is 18.2 Å². The van der Waals surface area contributed by atoms with Crippen molar-refractivity contribution < 1.29 is 14.3 Å². The van der Waals surface area contributed by atoms with E-state index < -0.39 is 0 Å². The van der Waals surface area contributed by atoms with E-state index in [1.807, 2.05) is 37.3 Å². The van der Waals surface area contributed by atoms with Crippen LogP contribution >= 0.6 is 0 Å². The van der Waals surface area contributed by atoms with Gasteiger partial charge in [0.15, 0.2) is 0 Å². The zero-order chi connectivity index (χ0) is 15.1. The third kappa shape index (κ3) is 4.61. The molecule has 0 bridgehead atoms. The smallest absolute Gasteiger partial charge is 0.251 e. The van der Waals surface area contributed by atoms with Crippen LogP contribution < -0.4 is 10.1 Å². The maximum Gasteiger partial charge on any atom is 0.251 e. The Morgan fingerprint density at radius 2 is 1.67 bits per heavy atom. The fourth-order valence-electron chi connectivity index (χ4n) is 1.90. The van der Waals surface area contributed by atoms with Gasteiger partial charge in [-0.3, -0.25) is 4.79 Å². The van der Waals surface area contributed by atoms with E-state index in [1.165, 1.54) is 0 Å². The summed E-state index contributed by atoms with van der Waals surface area (Å²) in [6.07, 6.45) is 0. The van der Waals surface area contributed by atoms with Crippen LogP contribution in [0.4, 0.5) is 0 Å². The van der Waals surface area contributed by atoms with Crippen molar-refractivity contribution in [1.82, 2.24) is 5.32 Å². The zero-order valence-electron chi connectivity index (χ0n) is 12.2. The molecule has 0 aromatic heterocycles. The Labute approximate surface area is 124 Å². The van der Waals surface area contributed by atoms with E-state index in [1.54, 1.807) is 31.4 Å². The van der Waals surface area contributed by atoms with E-state index in [2.05, 4.69) is 5.32 Å². The molecular formula is C17H19NO3. The molecule has 0 aliphatic rings. The Morgan fingerprint density at radius 1 is 1.05 bits per heavy atom. The average Bonchev–Trinajstić information content (AvgIpc) is 2.49. The second kappa shape index (κ2) is 7.45. The Hall–Kier alpha value is -2.33. The molecule has 21 heavy (non-hydrogen) atoms. The molecule has 0 saturated heterocycles. The van der Waals surface area contributed by atoms with Crippen molar-refractivity contribution in [2.24, 2.45) is 0 Å². The number of carbonyl (C=O) groups excluding carboxylic acids is 1. The summed E-state index contributed by atoms with van der Waals surface area (Å²) in [7, 11) is 1.61. The van der Waals surface area contributed by atoms with Crippen molar-refractivity contribution in [3.8, 4) is 11.5 Å². The lowest BCUT2D eigenvalue weighted by atomic mass is 10.2. The highest BCUT2D eigenvalue weighted by molar-refractivity contribution is 5.94. The summed E-state index contributed by atoms with van der Waals surface area (Å²) in [6.45, 7) is 2.38. The summed E-state index contributed by atoms with van der Waals surface area (Å²) in [5, 5.41) is 2.86. The van der Waals surface area contributed by atoms with Crippen LogP contribution in [-0.4, -0.2) is 25.7 Å². The Kier molecular flexibility index (Phi) is 5.35. The van der Waals surface area contributed by atoms with Crippen molar-refractivity contribution in [3.63, 3.8) is 0 Å². The Balaban J connectivity index is 1.97. The molecule has 0 radical (unpaired) electrons. The Bertz CT molecular complexity index is 566. The number of nitrogens with one attached hydrogen (secondary N) is 1. The lowest BCUT2D eigenvalue weighted by Crippen LogP contribution is -2.35. The Morgan fingerprint density at radius 3 is 2.29 bits per heavy atom. The monoisotopic (exact) mass is 285 g/mol. The number of methoxy groups -OCH3 is 1. The van der Waals surface area contributed by atoms with Crippen molar-refractivity contribution in [1.29, 1.82) is 0 Å². The van der Waals surface area contributed by atoms with Gasteiger partial charge in [-0.15, -0.1) is 0 Å². The maximum atomic E-state index is 12.0. The van der Waals surface area contributed by atoms with Gasteiger partial charge in [0, 0.05) is 18.7 Å². The zero-order valence-corrected chi connectivity index (χ0v) is 12.2. The summed E-state index contributed by atoms with van der Waals surface area (Å²) in [4.78, 5) is 12.0. The van der Waals surface area contributed by atoms with Crippen molar-refractivity contribution >= 4 is 5.91 Å². The van der Waals surface area contributed by atoms with Crippen LogP contribution in [0.15, 0.2) is 54.6 Å².